The zero-order valence-corrected chi connectivity index (χ0v) is 13.6. The number of aromatic hydroxyl groups is 1. The van der Waals surface area contributed by atoms with E-state index in [-0.39, 0.29) is 11.8 Å². The van der Waals surface area contributed by atoms with Gasteiger partial charge in [0.05, 0.1) is 6.04 Å². The minimum absolute atomic E-state index is 0.160. The molecular weight excluding hydrogens is 326 g/mol. The number of thiazole rings is 1. The van der Waals surface area contributed by atoms with Gasteiger partial charge in [0.1, 0.15) is 11.3 Å². The van der Waals surface area contributed by atoms with Crippen LogP contribution in [0.3, 0.4) is 0 Å². The molecule has 0 fully saturated rings. The van der Waals surface area contributed by atoms with E-state index < -0.39 is 0 Å². The highest BCUT2D eigenvalue weighted by atomic mass is 32.1. The van der Waals surface area contributed by atoms with Crippen molar-refractivity contribution in [3.05, 3.63) is 70.0 Å². The van der Waals surface area contributed by atoms with Crippen LogP contribution in [0, 0.1) is 0 Å². The maximum Gasteiger partial charge on any atom is 0.183 e. The summed E-state index contributed by atoms with van der Waals surface area (Å²) in [4.78, 5) is 9.73. The van der Waals surface area contributed by atoms with Crippen LogP contribution in [-0.4, -0.2) is 15.1 Å². The maximum absolute atomic E-state index is 10.7. The number of pyridine rings is 1. The number of thiophene rings is 1. The molecule has 0 bridgehead atoms. The van der Waals surface area contributed by atoms with Crippen molar-refractivity contribution in [3.63, 3.8) is 0 Å². The van der Waals surface area contributed by atoms with E-state index in [0.29, 0.717) is 5.52 Å². The second-order valence-electron chi connectivity index (χ2n) is 5.01. The molecule has 4 nitrogen and oxygen atoms in total. The lowest BCUT2D eigenvalue weighted by molar-refractivity contribution is 0.472. The number of nitrogens with one attached hydrogen (secondary N) is 1. The Hall–Kier alpha value is -2.44. The number of nitrogens with zero attached hydrogens (tertiary/aromatic N) is 2. The molecule has 0 aliphatic heterocycles. The van der Waals surface area contributed by atoms with E-state index in [4.69, 9.17) is 0 Å². The third kappa shape index (κ3) is 2.67. The van der Waals surface area contributed by atoms with Crippen LogP contribution in [0.4, 0.5) is 5.13 Å². The number of benzene rings is 1. The predicted molar refractivity (Wildman–Crippen MR) is 95.3 cm³/mol. The molecule has 114 valence electrons. The Morgan fingerprint density at radius 2 is 1.91 bits per heavy atom. The van der Waals surface area contributed by atoms with Crippen LogP contribution in [0.15, 0.2) is 59.6 Å². The van der Waals surface area contributed by atoms with Crippen molar-refractivity contribution in [3.8, 4) is 5.75 Å². The van der Waals surface area contributed by atoms with Crippen LogP contribution in [0.1, 0.15) is 16.5 Å². The van der Waals surface area contributed by atoms with Crippen LogP contribution in [0.2, 0.25) is 0 Å². The number of rotatable bonds is 4. The van der Waals surface area contributed by atoms with Gasteiger partial charge in [0.25, 0.3) is 0 Å². The topological polar surface area (TPSA) is 58.0 Å². The van der Waals surface area contributed by atoms with Crippen molar-refractivity contribution in [2.24, 2.45) is 0 Å². The molecule has 0 radical (unpaired) electrons. The zero-order chi connectivity index (χ0) is 15.6. The van der Waals surface area contributed by atoms with E-state index in [0.717, 1.165) is 21.0 Å². The number of fused-ring (bicyclic) bond motifs is 1. The Balaban J connectivity index is 1.84. The maximum atomic E-state index is 10.7. The molecule has 4 rings (SSSR count). The van der Waals surface area contributed by atoms with E-state index in [1.807, 2.05) is 41.1 Å². The molecule has 4 aromatic rings. The van der Waals surface area contributed by atoms with E-state index in [2.05, 4.69) is 21.4 Å². The smallest absolute Gasteiger partial charge is 0.183 e. The summed E-state index contributed by atoms with van der Waals surface area (Å²) in [5.41, 5.74) is 1.42. The quantitative estimate of drug-likeness (QED) is 0.568. The van der Waals surface area contributed by atoms with E-state index >= 15 is 0 Å². The second-order valence-corrected chi connectivity index (χ2v) is 6.88. The third-order valence-electron chi connectivity index (χ3n) is 3.62. The molecule has 0 aliphatic carbocycles. The van der Waals surface area contributed by atoms with Crippen LogP contribution >= 0.6 is 22.7 Å². The van der Waals surface area contributed by atoms with Crippen molar-refractivity contribution in [1.82, 2.24) is 9.97 Å². The fourth-order valence-electron chi connectivity index (χ4n) is 2.55. The monoisotopic (exact) mass is 339 g/mol. The van der Waals surface area contributed by atoms with Gasteiger partial charge in [-0.1, -0.05) is 24.3 Å². The van der Waals surface area contributed by atoms with Crippen LogP contribution in [0.5, 0.6) is 5.75 Å². The molecule has 0 amide bonds. The first-order valence-electron chi connectivity index (χ1n) is 7.09. The Morgan fingerprint density at radius 1 is 0.957 bits per heavy atom. The van der Waals surface area contributed by atoms with Crippen LogP contribution < -0.4 is 5.32 Å². The molecule has 0 aliphatic rings. The van der Waals surface area contributed by atoms with Gasteiger partial charge in [-0.25, -0.2) is 4.98 Å². The number of aromatic nitrogens is 2. The summed E-state index contributed by atoms with van der Waals surface area (Å²) >= 11 is 3.18. The summed E-state index contributed by atoms with van der Waals surface area (Å²) in [6, 6.07) is 11.6. The predicted octanol–water partition coefficient (Wildman–Crippen LogP) is 4.66. The number of phenolic OH excluding ortho intramolecular Hbond substituents is 1. The average molecular weight is 339 g/mol. The standard InChI is InChI=1S/C17H13N3OS2/c21-16-12(6-5-11-3-1-7-18-14(11)16)15(13-4-2-9-22-13)20-17-19-8-10-23-17/h1-10,15,21H,(H,19,20)/t15-/m1/s1. The first-order valence-corrected chi connectivity index (χ1v) is 8.85. The van der Waals surface area contributed by atoms with Gasteiger partial charge in [0, 0.05) is 33.6 Å². The zero-order valence-electron chi connectivity index (χ0n) is 12.0. The van der Waals surface area contributed by atoms with Gasteiger partial charge in [-0.15, -0.1) is 22.7 Å². The third-order valence-corrected chi connectivity index (χ3v) is 5.26. The summed E-state index contributed by atoms with van der Waals surface area (Å²) in [7, 11) is 0. The molecule has 23 heavy (non-hydrogen) atoms. The Bertz CT molecular complexity index is 920. The second kappa shape index (κ2) is 5.98. The van der Waals surface area contributed by atoms with Crippen molar-refractivity contribution < 1.29 is 5.11 Å². The Labute approximate surface area is 141 Å². The fourth-order valence-corrected chi connectivity index (χ4v) is 3.91. The van der Waals surface area contributed by atoms with Crippen molar-refractivity contribution in [2.75, 3.05) is 5.32 Å². The molecule has 0 saturated heterocycles. The van der Waals surface area contributed by atoms with Gasteiger partial charge in [-0.05, 0) is 17.5 Å². The van der Waals surface area contributed by atoms with Crippen molar-refractivity contribution >= 4 is 38.7 Å². The molecule has 2 N–H and O–H groups in total. The number of hydrogen-bond acceptors (Lipinski definition) is 6. The van der Waals surface area contributed by atoms with Crippen LogP contribution in [-0.2, 0) is 0 Å². The number of anilines is 1. The SMILES string of the molecule is Oc1c([C@@H](Nc2nccs2)c2cccs2)ccc2cccnc12. The van der Waals surface area contributed by atoms with E-state index in [1.165, 1.54) is 11.3 Å². The highest BCUT2D eigenvalue weighted by Gasteiger charge is 2.21. The lowest BCUT2D eigenvalue weighted by atomic mass is 10.0. The summed E-state index contributed by atoms with van der Waals surface area (Å²) in [5.74, 6) is 0.213. The number of phenols is 1. The summed E-state index contributed by atoms with van der Waals surface area (Å²) in [6.45, 7) is 0. The van der Waals surface area contributed by atoms with Gasteiger partial charge >= 0.3 is 0 Å². The minimum Gasteiger partial charge on any atom is -0.505 e. The van der Waals surface area contributed by atoms with Gasteiger partial charge < -0.3 is 10.4 Å². The Morgan fingerprint density at radius 3 is 2.70 bits per heavy atom. The molecule has 0 unspecified atom stereocenters. The van der Waals surface area contributed by atoms with Gasteiger partial charge in [-0.3, -0.25) is 4.98 Å². The van der Waals surface area contributed by atoms with Gasteiger partial charge in [0.2, 0.25) is 0 Å². The molecule has 1 atom stereocenters. The molecule has 1 aromatic carbocycles. The molecule has 0 saturated carbocycles. The fraction of sp³-hybridized carbons (Fsp3) is 0.0588. The average Bonchev–Trinajstić information content (AvgIpc) is 3.27. The summed E-state index contributed by atoms with van der Waals surface area (Å²) in [6.07, 6.45) is 3.46. The Kier molecular flexibility index (Phi) is 3.69. The first-order chi connectivity index (χ1) is 11.3. The van der Waals surface area contributed by atoms with E-state index in [9.17, 15) is 5.11 Å². The highest BCUT2D eigenvalue weighted by molar-refractivity contribution is 7.13. The van der Waals surface area contributed by atoms with Crippen molar-refractivity contribution in [1.29, 1.82) is 0 Å². The summed E-state index contributed by atoms with van der Waals surface area (Å²) in [5, 5.41) is 19.8. The van der Waals surface area contributed by atoms with E-state index in [1.54, 1.807) is 23.7 Å². The summed E-state index contributed by atoms with van der Waals surface area (Å²) < 4.78 is 0. The largest absolute Gasteiger partial charge is 0.505 e. The molecule has 6 heteroatoms. The normalized spacial score (nSPS) is 12.3. The molecule has 0 spiro atoms. The molecule has 3 heterocycles. The van der Waals surface area contributed by atoms with Gasteiger partial charge in [-0.2, -0.15) is 0 Å². The first kappa shape index (κ1) is 14.2. The highest BCUT2D eigenvalue weighted by Crippen LogP contribution is 2.38. The van der Waals surface area contributed by atoms with Crippen LogP contribution in [0.25, 0.3) is 10.9 Å². The number of hydrogen-bond donors (Lipinski definition) is 2. The lowest BCUT2D eigenvalue weighted by Gasteiger charge is -2.19. The van der Waals surface area contributed by atoms with Crippen molar-refractivity contribution in [2.45, 2.75) is 6.04 Å². The van der Waals surface area contributed by atoms with Gasteiger partial charge in [0.15, 0.2) is 5.13 Å². The molecular formula is C17H13N3OS2. The molecule has 3 aromatic heterocycles. The lowest BCUT2D eigenvalue weighted by Crippen LogP contribution is -2.11. The minimum atomic E-state index is -0.160.